The Balaban J connectivity index is 2.26. The highest BCUT2D eigenvalue weighted by molar-refractivity contribution is 6.00. The van der Waals surface area contributed by atoms with Crippen LogP contribution in [0, 0.1) is 0 Å². The fourth-order valence-electron chi connectivity index (χ4n) is 2.74. The molecule has 4 heteroatoms. The van der Waals surface area contributed by atoms with Crippen LogP contribution in [0.15, 0.2) is 29.4 Å². The van der Waals surface area contributed by atoms with Crippen molar-refractivity contribution in [1.82, 2.24) is 5.43 Å². The SMILES string of the molecule is CCCCCCCCCCC(=O)N/N=C(\CC)c1ccc(OC)cc1. The van der Waals surface area contributed by atoms with Gasteiger partial charge in [-0.25, -0.2) is 5.43 Å². The van der Waals surface area contributed by atoms with Gasteiger partial charge in [-0.05, 0) is 42.7 Å². The van der Waals surface area contributed by atoms with Gasteiger partial charge in [0.25, 0.3) is 0 Å². The average molecular weight is 347 g/mol. The van der Waals surface area contributed by atoms with E-state index in [4.69, 9.17) is 4.74 Å². The molecule has 0 bridgehead atoms. The van der Waals surface area contributed by atoms with Crippen LogP contribution in [-0.4, -0.2) is 18.7 Å². The minimum atomic E-state index is 0.00504. The fourth-order valence-corrected chi connectivity index (χ4v) is 2.74. The Bertz CT molecular complexity index is 509. The number of unbranched alkanes of at least 4 members (excludes halogenated alkanes) is 7. The van der Waals surface area contributed by atoms with E-state index in [-0.39, 0.29) is 5.91 Å². The van der Waals surface area contributed by atoms with Crippen LogP contribution in [0.25, 0.3) is 0 Å². The van der Waals surface area contributed by atoms with Crippen LogP contribution in [0.5, 0.6) is 5.75 Å². The first-order valence-corrected chi connectivity index (χ1v) is 9.71. The number of hydrazone groups is 1. The molecule has 0 radical (unpaired) electrons. The standard InChI is InChI=1S/C21H34N2O2/c1-4-6-7-8-9-10-11-12-13-21(24)23-22-20(5-2)18-14-16-19(25-3)17-15-18/h14-17H,4-13H2,1-3H3,(H,23,24)/b22-20+. The predicted octanol–water partition coefficient (Wildman–Crippen LogP) is 5.46. The lowest BCUT2D eigenvalue weighted by Gasteiger charge is -2.06. The Morgan fingerprint density at radius 1 is 0.960 bits per heavy atom. The Labute approximate surface area is 153 Å². The number of methoxy groups -OCH3 is 1. The van der Waals surface area contributed by atoms with Crippen molar-refractivity contribution in [3.05, 3.63) is 29.8 Å². The third-order valence-electron chi connectivity index (χ3n) is 4.33. The Morgan fingerprint density at radius 2 is 1.56 bits per heavy atom. The Kier molecular flexibility index (Phi) is 11.4. The zero-order valence-corrected chi connectivity index (χ0v) is 16.1. The van der Waals surface area contributed by atoms with Crippen LogP contribution in [-0.2, 0) is 4.79 Å². The summed E-state index contributed by atoms with van der Waals surface area (Å²) >= 11 is 0. The molecule has 1 amide bonds. The molecule has 0 atom stereocenters. The number of nitrogens with zero attached hydrogens (tertiary/aromatic N) is 1. The van der Waals surface area contributed by atoms with Crippen LogP contribution < -0.4 is 10.2 Å². The lowest BCUT2D eigenvalue weighted by molar-refractivity contribution is -0.121. The molecule has 0 spiro atoms. The van der Waals surface area contributed by atoms with E-state index in [1.54, 1.807) is 7.11 Å². The van der Waals surface area contributed by atoms with Gasteiger partial charge in [-0.2, -0.15) is 5.10 Å². The number of hydrogen-bond donors (Lipinski definition) is 1. The second-order valence-electron chi connectivity index (χ2n) is 6.40. The van der Waals surface area contributed by atoms with E-state index in [1.807, 2.05) is 31.2 Å². The van der Waals surface area contributed by atoms with Crippen molar-refractivity contribution in [2.24, 2.45) is 5.10 Å². The summed E-state index contributed by atoms with van der Waals surface area (Å²) in [5.74, 6) is 0.823. The van der Waals surface area contributed by atoms with E-state index in [9.17, 15) is 4.79 Å². The number of nitrogens with one attached hydrogen (secondary N) is 1. The van der Waals surface area contributed by atoms with Gasteiger partial charge in [0.05, 0.1) is 12.8 Å². The van der Waals surface area contributed by atoms with Gasteiger partial charge in [0, 0.05) is 6.42 Å². The summed E-state index contributed by atoms with van der Waals surface area (Å²) in [6.45, 7) is 4.27. The highest BCUT2D eigenvalue weighted by atomic mass is 16.5. The van der Waals surface area contributed by atoms with E-state index in [0.29, 0.717) is 6.42 Å². The van der Waals surface area contributed by atoms with Crippen molar-refractivity contribution in [1.29, 1.82) is 0 Å². The second-order valence-corrected chi connectivity index (χ2v) is 6.40. The molecule has 25 heavy (non-hydrogen) atoms. The highest BCUT2D eigenvalue weighted by Gasteiger charge is 2.04. The van der Waals surface area contributed by atoms with Crippen molar-refractivity contribution in [3.63, 3.8) is 0 Å². The smallest absolute Gasteiger partial charge is 0.240 e. The molecular weight excluding hydrogens is 312 g/mol. The molecule has 1 aromatic rings. The number of carbonyl (C=O) groups excluding carboxylic acids is 1. The number of rotatable bonds is 13. The van der Waals surface area contributed by atoms with Gasteiger partial charge in [0.1, 0.15) is 5.75 Å². The summed E-state index contributed by atoms with van der Waals surface area (Å²) in [5, 5.41) is 4.29. The summed E-state index contributed by atoms with van der Waals surface area (Å²) in [6, 6.07) is 7.74. The molecule has 0 aliphatic rings. The van der Waals surface area contributed by atoms with Crippen LogP contribution in [0.3, 0.4) is 0 Å². The number of ether oxygens (including phenoxy) is 1. The van der Waals surface area contributed by atoms with Gasteiger partial charge in [-0.1, -0.05) is 58.8 Å². The van der Waals surface area contributed by atoms with E-state index in [1.165, 1.54) is 38.5 Å². The number of benzene rings is 1. The molecule has 0 unspecified atom stereocenters. The Morgan fingerprint density at radius 3 is 2.12 bits per heavy atom. The van der Waals surface area contributed by atoms with Crippen LogP contribution in [0.2, 0.25) is 0 Å². The van der Waals surface area contributed by atoms with E-state index < -0.39 is 0 Å². The quantitative estimate of drug-likeness (QED) is 0.293. The summed E-state index contributed by atoms with van der Waals surface area (Å²) in [7, 11) is 1.65. The van der Waals surface area contributed by atoms with Crippen molar-refractivity contribution >= 4 is 11.6 Å². The van der Waals surface area contributed by atoms with Gasteiger partial charge < -0.3 is 4.74 Å². The molecule has 1 rings (SSSR count). The van der Waals surface area contributed by atoms with Crippen molar-refractivity contribution in [2.45, 2.75) is 78.1 Å². The third kappa shape index (κ3) is 9.28. The number of hydrogen-bond acceptors (Lipinski definition) is 3. The van der Waals surface area contributed by atoms with E-state index >= 15 is 0 Å². The molecule has 0 aliphatic heterocycles. The molecule has 0 fully saturated rings. The topological polar surface area (TPSA) is 50.7 Å². The normalized spacial score (nSPS) is 11.4. The molecule has 0 aliphatic carbocycles. The summed E-state index contributed by atoms with van der Waals surface area (Å²) < 4.78 is 5.16. The first kappa shape index (κ1) is 21.2. The summed E-state index contributed by atoms with van der Waals surface area (Å²) in [6.07, 6.45) is 11.2. The minimum Gasteiger partial charge on any atom is -0.497 e. The first-order chi connectivity index (χ1) is 12.2. The average Bonchev–Trinajstić information content (AvgIpc) is 2.65. The van der Waals surface area contributed by atoms with Crippen molar-refractivity contribution in [3.8, 4) is 5.75 Å². The van der Waals surface area contributed by atoms with Crippen molar-refractivity contribution in [2.75, 3.05) is 7.11 Å². The van der Waals surface area contributed by atoms with Gasteiger partial charge in [0.2, 0.25) is 5.91 Å². The van der Waals surface area contributed by atoms with Crippen LogP contribution in [0.4, 0.5) is 0 Å². The van der Waals surface area contributed by atoms with Gasteiger partial charge >= 0.3 is 0 Å². The molecule has 0 saturated carbocycles. The minimum absolute atomic E-state index is 0.00504. The van der Waals surface area contributed by atoms with Gasteiger partial charge in [-0.15, -0.1) is 0 Å². The Hall–Kier alpha value is -1.84. The molecule has 140 valence electrons. The van der Waals surface area contributed by atoms with Gasteiger partial charge in [0.15, 0.2) is 0 Å². The monoisotopic (exact) mass is 346 g/mol. The van der Waals surface area contributed by atoms with Crippen LogP contribution in [0.1, 0.15) is 83.6 Å². The van der Waals surface area contributed by atoms with E-state index in [2.05, 4.69) is 17.5 Å². The fraction of sp³-hybridized carbons (Fsp3) is 0.619. The maximum atomic E-state index is 11.9. The summed E-state index contributed by atoms with van der Waals surface area (Å²) in [5.41, 5.74) is 4.59. The maximum Gasteiger partial charge on any atom is 0.240 e. The third-order valence-corrected chi connectivity index (χ3v) is 4.33. The second kappa shape index (κ2) is 13.5. The predicted molar refractivity (Wildman–Crippen MR) is 105 cm³/mol. The summed E-state index contributed by atoms with van der Waals surface area (Å²) in [4.78, 5) is 11.9. The maximum absolute atomic E-state index is 11.9. The molecule has 4 nitrogen and oxygen atoms in total. The zero-order valence-electron chi connectivity index (χ0n) is 16.1. The first-order valence-electron chi connectivity index (χ1n) is 9.71. The molecule has 1 aromatic carbocycles. The van der Waals surface area contributed by atoms with Gasteiger partial charge in [-0.3, -0.25) is 4.79 Å². The number of carbonyl (C=O) groups is 1. The van der Waals surface area contributed by atoms with Crippen molar-refractivity contribution < 1.29 is 9.53 Å². The largest absolute Gasteiger partial charge is 0.497 e. The molecule has 1 N–H and O–H groups in total. The molecule has 0 aromatic heterocycles. The lowest BCUT2D eigenvalue weighted by Crippen LogP contribution is -2.19. The zero-order chi connectivity index (χ0) is 18.3. The van der Waals surface area contributed by atoms with E-state index in [0.717, 1.165) is 36.3 Å². The lowest BCUT2D eigenvalue weighted by atomic mass is 10.1. The number of amides is 1. The highest BCUT2D eigenvalue weighted by Crippen LogP contribution is 2.13. The van der Waals surface area contributed by atoms with Crippen LogP contribution >= 0.6 is 0 Å². The molecular formula is C21H34N2O2. The molecule has 0 heterocycles. The molecule has 0 saturated heterocycles.